The van der Waals surface area contributed by atoms with Gasteiger partial charge in [0, 0.05) is 6.07 Å². The minimum absolute atomic E-state index is 0.000170. The number of aromatic nitrogens is 2. The van der Waals surface area contributed by atoms with Crippen LogP contribution in [0.15, 0.2) is 23.2 Å². The average molecular weight is 330 g/mol. The van der Waals surface area contributed by atoms with Crippen LogP contribution in [0.2, 0.25) is 5.02 Å². The largest absolute Gasteiger partial charge is 0.462 e. The van der Waals surface area contributed by atoms with Gasteiger partial charge >= 0.3 is 5.97 Å². The van der Waals surface area contributed by atoms with Gasteiger partial charge in [-0.05, 0) is 25.3 Å². The number of rotatable bonds is 4. The number of nitrogens with two attached hydrogens (primary N) is 1. The molecule has 0 aliphatic heterocycles. The Bertz CT molecular complexity index is 690. The Balaban J connectivity index is 2.55. The zero-order valence-corrected chi connectivity index (χ0v) is 13.0. The third kappa shape index (κ3) is 2.98. The molecule has 0 saturated heterocycles. The molecule has 8 heteroatoms. The van der Waals surface area contributed by atoms with Gasteiger partial charge in [0.2, 0.25) is 0 Å². The summed E-state index contributed by atoms with van der Waals surface area (Å²) in [5.41, 5.74) is 6.52. The average Bonchev–Trinajstić information content (AvgIpc) is 2.79. The standard InChI is InChI=1S/C13H13ClFN3O2S/c1-3-20-13(19)10-11(16)18(17-12(10)21-2)7-4-5-8(14)9(15)6-7/h4-6H,3,16H2,1-2H3. The smallest absolute Gasteiger partial charge is 0.344 e. The Morgan fingerprint density at radius 3 is 2.86 bits per heavy atom. The van der Waals surface area contributed by atoms with Gasteiger partial charge in [0.15, 0.2) is 0 Å². The molecule has 0 bridgehead atoms. The number of halogens is 2. The third-order valence-corrected chi connectivity index (χ3v) is 3.69. The fourth-order valence-electron chi connectivity index (χ4n) is 1.76. The summed E-state index contributed by atoms with van der Waals surface area (Å²) in [6.45, 7) is 1.93. The van der Waals surface area contributed by atoms with E-state index in [1.165, 1.54) is 28.6 Å². The number of nitrogens with zero attached hydrogens (tertiary/aromatic N) is 2. The maximum Gasteiger partial charge on any atom is 0.344 e. The van der Waals surface area contributed by atoms with Gasteiger partial charge in [0.1, 0.15) is 22.2 Å². The topological polar surface area (TPSA) is 70.1 Å². The highest BCUT2D eigenvalue weighted by Gasteiger charge is 2.23. The highest BCUT2D eigenvalue weighted by molar-refractivity contribution is 7.98. The molecule has 0 saturated carbocycles. The number of benzene rings is 1. The summed E-state index contributed by atoms with van der Waals surface area (Å²) < 4.78 is 19.8. The van der Waals surface area contributed by atoms with Crippen molar-refractivity contribution in [3.63, 3.8) is 0 Å². The van der Waals surface area contributed by atoms with Crippen molar-refractivity contribution in [3.8, 4) is 5.69 Å². The van der Waals surface area contributed by atoms with Gasteiger partial charge < -0.3 is 10.5 Å². The van der Waals surface area contributed by atoms with Gasteiger partial charge in [-0.3, -0.25) is 0 Å². The first-order valence-electron chi connectivity index (χ1n) is 6.04. The van der Waals surface area contributed by atoms with Crippen LogP contribution in [-0.2, 0) is 4.74 Å². The van der Waals surface area contributed by atoms with Crippen molar-refractivity contribution in [2.75, 3.05) is 18.6 Å². The normalized spacial score (nSPS) is 10.7. The molecule has 0 radical (unpaired) electrons. The van der Waals surface area contributed by atoms with Crippen LogP contribution in [0.25, 0.3) is 5.69 Å². The summed E-state index contributed by atoms with van der Waals surface area (Å²) >= 11 is 6.90. The molecule has 21 heavy (non-hydrogen) atoms. The fraction of sp³-hybridized carbons (Fsp3) is 0.231. The van der Waals surface area contributed by atoms with Crippen molar-refractivity contribution >= 4 is 35.1 Å². The zero-order valence-electron chi connectivity index (χ0n) is 11.4. The molecule has 5 nitrogen and oxygen atoms in total. The first-order chi connectivity index (χ1) is 9.99. The number of esters is 1. The molecule has 112 valence electrons. The second kappa shape index (κ2) is 6.36. The minimum atomic E-state index is -0.590. The van der Waals surface area contributed by atoms with Gasteiger partial charge in [-0.1, -0.05) is 11.6 Å². The molecule has 0 aliphatic rings. The molecule has 2 N–H and O–H groups in total. The molecular formula is C13H13ClFN3O2S. The van der Waals surface area contributed by atoms with Crippen LogP contribution in [0.5, 0.6) is 0 Å². The molecule has 2 aromatic rings. The van der Waals surface area contributed by atoms with E-state index in [1.54, 1.807) is 19.2 Å². The lowest BCUT2D eigenvalue weighted by Gasteiger charge is -2.05. The predicted molar refractivity (Wildman–Crippen MR) is 80.7 cm³/mol. The molecule has 0 unspecified atom stereocenters. The summed E-state index contributed by atoms with van der Waals surface area (Å²) in [6.07, 6.45) is 1.76. The molecule has 0 amide bonds. The molecule has 0 aliphatic carbocycles. The number of nitrogen functional groups attached to an aromatic ring is 1. The maximum absolute atomic E-state index is 13.6. The van der Waals surface area contributed by atoms with E-state index in [9.17, 15) is 9.18 Å². The maximum atomic E-state index is 13.6. The van der Waals surface area contributed by atoms with Crippen molar-refractivity contribution in [2.24, 2.45) is 0 Å². The van der Waals surface area contributed by atoms with E-state index in [4.69, 9.17) is 22.1 Å². The van der Waals surface area contributed by atoms with Crippen molar-refractivity contribution < 1.29 is 13.9 Å². The lowest BCUT2D eigenvalue weighted by Crippen LogP contribution is -2.09. The molecule has 0 fully saturated rings. The van der Waals surface area contributed by atoms with Gasteiger partial charge in [-0.25, -0.2) is 13.9 Å². The molecule has 1 aromatic carbocycles. The quantitative estimate of drug-likeness (QED) is 0.689. The molecule has 2 rings (SSSR count). The molecule has 0 spiro atoms. The Kier molecular flexibility index (Phi) is 4.74. The van der Waals surface area contributed by atoms with E-state index in [-0.39, 0.29) is 23.0 Å². The number of hydrogen-bond donors (Lipinski definition) is 1. The molecule has 0 atom stereocenters. The Morgan fingerprint density at radius 1 is 1.57 bits per heavy atom. The first kappa shape index (κ1) is 15.7. The van der Waals surface area contributed by atoms with Crippen LogP contribution in [0.3, 0.4) is 0 Å². The highest BCUT2D eigenvalue weighted by Crippen LogP contribution is 2.29. The third-order valence-electron chi connectivity index (χ3n) is 2.71. The number of anilines is 1. The highest BCUT2D eigenvalue weighted by atomic mass is 35.5. The van der Waals surface area contributed by atoms with E-state index < -0.39 is 11.8 Å². The van der Waals surface area contributed by atoms with Crippen LogP contribution in [0.4, 0.5) is 10.2 Å². The zero-order chi connectivity index (χ0) is 15.6. The summed E-state index contributed by atoms with van der Waals surface area (Å²) in [6, 6.07) is 4.16. The van der Waals surface area contributed by atoms with Gasteiger partial charge in [-0.15, -0.1) is 11.8 Å². The van der Waals surface area contributed by atoms with Crippen molar-refractivity contribution in [3.05, 3.63) is 34.6 Å². The van der Waals surface area contributed by atoms with Crippen molar-refractivity contribution in [1.82, 2.24) is 9.78 Å². The predicted octanol–water partition coefficient (Wildman–Crippen LogP) is 3.15. The summed E-state index contributed by atoms with van der Waals surface area (Å²) in [7, 11) is 0. The van der Waals surface area contributed by atoms with E-state index in [1.807, 2.05) is 0 Å². The lowest BCUT2D eigenvalue weighted by atomic mass is 10.3. The lowest BCUT2D eigenvalue weighted by molar-refractivity contribution is 0.0523. The second-order valence-corrected chi connectivity index (χ2v) is 5.20. The Morgan fingerprint density at radius 2 is 2.29 bits per heavy atom. The van der Waals surface area contributed by atoms with Crippen molar-refractivity contribution in [2.45, 2.75) is 11.9 Å². The SMILES string of the molecule is CCOC(=O)c1c(SC)nn(-c2ccc(Cl)c(F)c2)c1N. The molecule has 1 aromatic heterocycles. The summed E-state index contributed by atoms with van der Waals surface area (Å²) in [5, 5.41) is 4.63. The van der Waals surface area contributed by atoms with Crippen LogP contribution in [0, 0.1) is 5.82 Å². The van der Waals surface area contributed by atoms with Gasteiger partial charge in [0.05, 0.1) is 17.3 Å². The Hall–Kier alpha value is -1.73. The van der Waals surface area contributed by atoms with Crippen LogP contribution in [0.1, 0.15) is 17.3 Å². The Labute approximate surface area is 130 Å². The fourth-order valence-corrected chi connectivity index (χ4v) is 2.43. The minimum Gasteiger partial charge on any atom is -0.462 e. The number of hydrogen-bond acceptors (Lipinski definition) is 5. The van der Waals surface area contributed by atoms with Crippen molar-refractivity contribution in [1.29, 1.82) is 0 Å². The van der Waals surface area contributed by atoms with E-state index >= 15 is 0 Å². The van der Waals surface area contributed by atoms with Crippen LogP contribution in [-0.4, -0.2) is 28.6 Å². The van der Waals surface area contributed by atoms with Crippen LogP contribution < -0.4 is 5.73 Å². The number of thioether (sulfide) groups is 1. The first-order valence-corrected chi connectivity index (χ1v) is 7.64. The van der Waals surface area contributed by atoms with Gasteiger partial charge in [0.25, 0.3) is 0 Å². The summed E-state index contributed by atoms with van der Waals surface area (Å²) in [4.78, 5) is 11.9. The monoisotopic (exact) mass is 329 g/mol. The second-order valence-electron chi connectivity index (χ2n) is 4.00. The molecular weight excluding hydrogens is 317 g/mol. The van der Waals surface area contributed by atoms with E-state index in [2.05, 4.69) is 5.10 Å². The van der Waals surface area contributed by atoms with E-state index in [0.29, 0.717) is 10.7 Å². The van der Waals surface area contributed by atoms with Crippen LogP contribution >= 0.6 is 23.4 Å². The van der Waals surface area contributed by atoms with Gasteiger partial charge in [-0.2, -0.15) is 5.10 Å². The number of carbonyl (C=O) groups is 1. The van der Waals surface area contributed by atoms with E-state index in [0.717, 1.165) is 0 Å². The summed E-state index contributed by atoms with van der Waals surface area (Å²) in [5.74, 6) is -1.05. The molecule has 1 heterocycles. The number of ether oxygens (including phenoxy) is 1. The number of carbonyl (C=O) groups excluding carboxylic acids is 1.